The number of hydrogen-bond acceptors (Lipinski definition) is 8. The minimum absolute atomic E-state index is 0.170. The van der Waals surface area contributed by atoms with Gasteiger partial charge in [0.25, 0.3) is 0 Å². The van der Waals surface area contributed by atoms with E-state index in [9.17, 15) is 20.1 Å². The second-order valence-electron chi connectivity index (χ2n) is 6.36. The van der Waals surface area contributed by atoms with Crippen LogP contribution in [0.2, 0.25) is 0 Å². The number of rotatable bonds is 4. The molecule has 11 nitrogen and oxygen atoms in total. The number of carbonyl (C=O) groups is 1. The summed E-state index contributed by atoms with van der Waals surface area (Å²) in [5.41, 5.74) is 1.19. The van der Waals surface area contributed by atoms with Crippen molar-refractivity contribution < 1.29 is 24.9 Å². The Morgan fingerprint density at radius 1 is 1.21 bits per heavy atom. The average Bonchev–Trinajstić information content (AvgIpc) is 3.24. The lowest BCUT2D eigenvalue weighted by Crippen LogP contribution is -2.33. The third-order valence-electron chi connectivity index (χ3n) is 4.46. The summed E-state index contributed by atoms with van der Waals surface area (Å²) in [7, 11) is 0. The van der Waals surface area contributed by atoms with E-state index >= 15 is 0 Å². The Balaban J connectivity index is 1.57. The number of benzene rings is 1. The molecule has 1 saturated heterocycles. The predicted octanol–water partition coefficient (Wildman–Crippen LogP) is 0.686. The van der Waals surface area contributed by atoms with Gasteiger partial charge in [-0.25, -0.2) is 19.7 Å². The van der Waals surface area contributed by atoms with Gasteiger partial charge in [-0.15, -0.1) is 0 Å². The quantitative estimate of drug-likeness (QED) is 0.320. The van der Waals surface area contributed by atoms with Crippen LogP contribution in [0.1, 0.15) is 6.23 Å². The normalized spacial score (nSPS) is 24.0. The molecule has 5 N–H and O–H groups in total. The first-order chi connectivity index (χ1) is 14.0. The molecule has 1 fully saturated rings. The maximum absolute atomic E-state index is 12.3. The number of aromatic nitrogens is 4. The molecule has 152 valence electrons. The summed E-state index contributed by atoms with van der Waals surface area (Å²) in [6.07, 6.45) is -1.84. The molecule has 0 unspecified atom stereocenters. The fourth-order valence-corrected chi connectivity index (χ4v) is 3.62. The number of aliphatic hydroxyl groups is 3. The van der Waals surface area contributed by atoms with Crippen molar-refractivity contribution in [3.8, 4) is 0 Å². The van der Waals surface area contributed by atoms with Crippen LogP contribution in [0.3, 0.4) is 0 Å². The number of anilines is 2. The summed E-state index contributed by atoms with van der Waals surface area (Å²) in [5.74, 6) is 0.170. The van der Waals surface area contributed by atoms with Crippen LogP contribution in [0.5, 0.6) is 0 Å². The molecule has 0 radical (unpaired) electrons. The number of aliphatic hydroxyl groups excluding tert-OH is 3. The maximum Gasteiger partial charge on any atom is 0.324 e. The number of urea groups is 1. The Kier molecular flexibility index (Phi) is 5.60. The molecule has 4 rings (SSSR count). The lowest BCUT2D eigenvalue weighted by Gasteiger charge is -2.16. The highest BCUT2D eigenvalue weighted by Gasteiger charge is 2.44. The first-order valence-corrected chi connectivity index (χ1v) is 9.69. The van der Waals surface area contributed by atoms with E-state index in [1.54, 1.807) is 6.07 Å². The number of halogens is 1. The third kappa shape index (κ3) is 3.89. The second kappa shape index (κ2) is 8.16. The smallest absolute Gasteiger partial charge is 0.324 e. The molecule has 12 heteroatoms. The summed E-state index contributed by atoms with van der Waals surface area (Å²) in [6.45, 7) is -0.443. The predicted molar refractivity (Wildman–Crippen MR) is 110 cm³/mol. The first kappa shape index (κ1) is 19.9. The van der Waals surface area contributed by atoms with Crippen molar-refractivity contribution in [1.82, 2.24) is 19.5 Å². The van der Waals surface area contributed by atoms with Crippen LogP contribution in [0, 0.1) is 3.57 Å². The zero-order chi connectivity index (χ0) is 20.5. The van der Waals surface area contributed by atoms with E-state index in [4.69, 9.17) is 4.74 Å². The van der Waals surface area contributed by atoms with Crippen LogP contribution in [0.4, 0.5) is 16.3 Å². The lowest BCUT2D eigenvalue weighted by atomic mass is 10.1. The van der Waals surface area contributed by atoms with Crippen molar-refractivity contribution in [2.75, 3.05) is 17.2 Å². The number of nitrogens with one attached hydrogen (secondary N) is 2. The number of nitrogens with zero attached hydrogens (tertiary/aromatic N) is 4. The van der Waals surface area contributed by atoms with Gasteiger partial charge in [-0.05, 0) is 40.8 Å². The molecule has 29 heavy (non-hydrogen) atoms. The topological polar surface area (TPSA) is 155 Å². The summed E-state index contributed by atoms with van der Waals surface area (Å²) >= 11 is 2.14. The zero-order valence-electron chi connectivity index (χ0n) is 14.8. The van der Waals surface area contributed by atoms with Crippen molar-refractivity contribution in [1.29, 1.82) is 0 Å². The van der Waals surface area contributed by atoms with Gasteiger partial charge >= 0.3 is 6.03 Å². The molecule has 0 aliphatic carbocycles. The Morgan fingerprint density at radius 2 is 2.03 bits per heavy atom. The van der Waals surface area contributed by atoms with Gasteiger partial charge in [0.1, 0.15) is 24.6 Å². The van der Waals surface area contributed by atoms with Gasteiger partial charge in [0.2, 0.25) is 0 Å². The van der Waals surface area contributed by atoms with Crippen LogP contribution in [0.15, 0.2) is 36.9 Å². The molecule has 0 bridgehead atoms. The SMILES string of the molecule is O=C(Nc1cccc(I)c1)Nc1ncnc2c1ncn2[C@@H]1O[C@H](CO)[C@@H](O)[C@H]1O. The van der Waals surface area contributed by atoms with Crippen molar-refractivity contribution >= 4 is 51.3 Å². The van der Waals surface area contributed by atoms with Crippen molar-refractivity contribution in [3.63, 3.8) is 0 Å². The molecular weight excluding hydrogens is 495 g/mol. The third-order valence-corrected chi connectivity index (χ3v) is 5.14. The molecule has 0 saturated carbocycles. The Bertz CT molecular complexity index is 1050. The van der Waals surface area contributed by atoms with Crippen LogP contribution in [-0.4, -0.2) is 65.8 Å². The zero-order valence-corrected chi connectivity index (χ0v) is 17.0. The molecule has 2 amide bonds. The number of fused-ring (bicyclic) bond motifs is 1. The number of imidazole rings is 1. The monoisotopic (exact) mass is 512 g/mol. The van der Waals surface area contributed by atoms with Crippen LogP contribution in [-0.2, 0) is 4.74 Å². The van der Waals surface area contributed by atoms with Gasteiger partial charge in [0.05, 0.1) is 12.9 Å². The minimum atomic E-state index is -1.28. The van der Waals surface area contributed by atoms with Gasteiger partial charge in [-0.2, -0.15) is 0 Å². The molecule has 1 aromatic carbocycles. The minimum Gasteiger partial charge on any atom is -0.394 e. The molecule has 1 aliphatic rings. The van der Waals surface area contributed by atoms with Gasteiger partial charge in [-0.3, -0.25) is 9.88 Å². The van der Waals surface area contributed by atoms with Crippen molar-refractivity contribution in [2.24, 2.45) is 0 Å². The molecule has 2 aromatic heterocycles. The summed E-state index contributed by atoms with van der Waals surface area (Å²) in [5, 5.41) is 34.8. The van der Waals surface area contributed by atoms with Crippen molar-refractivity contribution in [3.05, 3.63) is 40.5 Å². The number of amides is 2. The van der Waals surface area contributed by atoms with Crippen LogP contribution in [0.25, 0.3) is 11.2 Å². The van der Waals surface area contributed by atoms with E-state index in [2.05, 4.69) is 48.2 Å². The average molecular weight is 512 g/mol. The van der Waals surface area contributed by atoms with E-state index in [0.29, 0.717) is 11.3 Å². The van der Waals surface area contributed by atoms with Gasteiger partial charge < -0.3 is 25.4 Å². The van der Waals surface area contributed by atoms with E-state index in [1.807, 2.05) is 18.2 Å². The number of carbonyl (C=O) groups excluding carboxylic acids is 1. The molecule has 3 heterocycles. The number of hydrogen-bond donors (Lipinski definition) is 5. The second-order valence-corrected chi connectivity index (χ2v) is 7.61. The maximum atomic E-state index is 12.3. The number of ether oxygens (including phenoxy) is 1. The first-order valence-electron chi connectivity index (χ1n) is 8.61. The fourth-order valence-electron chi connectivity index (χ4n) is 3.08. The molecule has 3 aromatic rings. The Morgan fingerprint density at radius 3 is 2.76 bits per heavy atom. The highest BCUT2D eigenvalue weighted by Crippen LogP contribution is 2.32. The van der Waals surface area contributed by atoms with E-state index in [-0.39, 0.29) is 11.3 Å². The van der Waals surface area contributed by atoms with E-state index in [1.165, 1.54) is 17.2 Å². The van der Waals surface area contributed by atoms with Crippen LogP contribution < -0.4 is 10.6 Å². The van der Waals surface area contributed by atoms with E-state index < -0.39 is 37.2 Å². The van der Waals surface area contributed by atoms with Gasteiger partial charge in [0, 0.05) is 9.26 Å². The van der Waals surface area contributed by atoms with Gasteiger partial charge in [0.15, 0.2) is 23.2 Å². The molecular formula is C17H17IN6O5. The molecule has 0 spiro atoms. The van der Waals surface area contributed by atoms with E-state index in [0.717, 1.165) is 3.57 Å². The molecule has 4 atom stereocenters. The highest BCUT2D eigenvalue weighted by atomic mass is 127. The highest BCUT2D eigenvalue weighted by molar-refractivity contribution is 14.1. The van der Waals surface area contributed by atoms with Gasteiger partial charge in [-0.1, -0.05) is 6.07 Å². The largest absolute Gasteiger partial charge is 0.394 e. The summed E-state index contributed by atoms with van der Waals surface area (Å²) in [6, 6.07) is 6.79. The standard InChI is InChI=1S/C17H17IN6O5/c18-8-2-1-3-9(4-8)22-17(28)23-14-11-15(20-6-19-14)24(7-21-11)16-13(27)12(26)10(5-25)29-16/h1-4,6-7,10,12-13,16,25-27H,5H2,(H2,19,20,22,23,28)/t10-,12-,13-,16-/m1/s1. The fraction of sp³-hybridized carbons (Fsp3) is 0.294. The van der Waals surface area contributed by atoms with Crippen molar-refractivity contribution in [2.45, 2.75) is 24.5 Å². The molecule has 1 aliphatic heterocycles. The summed E-state index contributed by atoms with van der Waals surface area (Å²) < 4.78 is 7.90. The summed E-state index contributed by atoms with van der Waals surface area (Å²) in [4.78, 5) is 24.7. The Labute approximate surface area is 177 Å². The van der Waals surface area contributed by atoms with Crippen LogP contribution >= 0.6 is 22.6 Å². The Hall–Kier alpha value is -2.39. The lowest BCUT2D eigenvalue weighted by molar-refractivity contribution is -0.0511.